The zero-order chi connectivity index (χ0) is 20.1. The molecular weight excluding hydrogens is 350 g/mol. The fourth-order valence-electron chi connectivity index (χ4n) is 2.98. The number of hydrogen-bond acceptors (Lipinski definition) is 6. The van der Waals surface area contributed by atoms with Crippen LogP contribution >= 0.6 is 0 Å². The highest BCUT2D eigenvalue weighted by atomic mass is 16.5. The Morgan fingerprint density at radius 2 is 2.11 bits per heavy atom. The molecule has 3 N–H and O–H groups in total. The summed E-state index contributed by atoms with van der Waals surface area (Å²) in [6.07, 6.45) is 10.6. The van der Waals surface area contributed by atoms with Crippen molar-refractivity contribution in [3.05, 3.63) is 41.9 Å². The van der Waals surface area contributed by atoms with Crippen molar-refractivity contribution in [1.82, 2.24) is 9.97 Å². The van der Waals surface area contributed by atoms with E-state index in [9.17, 15) is 0 Å². The Kier molecular flexibility index (Phi) is 5.84. The normalized spacial score (nSPS) is 14.2. The van der Waals surface area contributed by atoms with E-state index in [-0.39, 0.29) is 11.3 Å². The fraction of sp³-hybridized carbons (Fsp3) is 0.409. The Hall–Kier alpha value is -3.07. The van der Waals surface area contributed by atoms with E-state index < -0.39 is 0 Å². The second kappa shape index (κ2) is 8.30. The van der Waals surface area contributed by atoms with Gasteiger partial charge in [-0.3, -0.25) is 5.41 Å². The Bertz CT molecular complexity index is 898. The molecule has 1 aromatic heterocycles. The molecule has 0 atom stereocenters. The Morgan fingerprint density at radius 3 is 2.79 bits per heavy atom. The molecule has 0 saturated heterocycles. The smallest absolute Gasteiger partial charge is 0.132 e. The van der Waals surface area contributed by atoms with Gasteiger partial charge in [-0.15, -0.1) is 12.3 Å². The molecule has 1 fully saturated rings. The van der Waals surface area contributed by atoms with Crippen LogP contribution in [0, 0.1) is 17.8 Å². The summed E-state index contributed by atoms with van der Waals surface area (Å²) >= 11 is 0. The van der Waals surface area contributed by atoms with Crippen molar-refractivity contribution in [3.8, 4) is 18.1 Å². The zero-order valence-electron chi connectivity index (χ0n) is 16.5. The molecule has 0 radical (unpaired) electrons. The minimum Gasteiger partial charge on any atom is -0.488 e. The van der Waals surface area contributed by atoms with Crippen molar-refractivity contribution < 1.29 is 4.74 Å². The molecule has 146 valence electrons. The average molecular weight is 377 g/mol. The molecule has 1 aromatic carbocycles. The maximum atomic E-state index is 8.66. The first-order valence-corrected chi connectivity index (χ1v) is 9.64. The molecule has 3 rings (SSSR count). The minimum absolute atomic E-state index is 0.0880. The first-order valence-electron chi connectivity index (χ1n) is 9.64. The van der Waals surface area contributed by atoms with Crippen molar-refractivity contribution in [1.29, 1.82) is 5.41 Å². The number of benzene rings is 1. The molecule has 0 spiro atoms. The molecule has 0 bridgehead atoms. The lowest BCUT2D eigenvalue weighted by Crippen LogP contribution is -2.26. The topological polar surface area (TPSA) is 88.1 Å². The van der Waals surface area contributed by atoms with Crippen LogP contribution in [0.3, 0.4) is 0 Å². The molecule has 1 aliphatic carbocycles. The standard InChI is InChI=1S/C22H27N5O/c1-4-6-12-27(11-5-2)20-14-19(25-15-26-20)21(24)17-13-16(7-8-18(17)23)28-22(3)9-10-22/h1,7-8,13-15,24H,5-6,9-12,23H2,2-3H3. The van der Waals surface area contributed by atoms with E-state index >= 15 is 0 Å². The van der Waals surface area contributed by atoms with E-state index in [0.29, 0.717) is 23.4 Å². The Balaban J connectivity index is 1.86. The van der Waals surface area contributed by atoms with Gasteiger partial charge < -0.3 is 15.4 Å². The van der Waals surface area contributed by atoms with Crippen molar-refractivity contribution in [2.75, 3.05) is 23.7 Å². The molecule has 0 aliphatic heterocycles. The van der Waals surface area contributed by atoms with Gasteiger partial charge in [0.15, 0.2) is 0 Å². The van der Waals surface area contributed by atoms with Crippen LogP contribution in [-0.4, -0.2) is 34.4 Å². The minimum atomic E-state index is -0.0880. The van der Waals surface area contributed by atoms with Crippen LogP contribution in [0.4, 0.5) is 11.5 Å². The number of nitrogens with two attached hydrogens (primary N) is 1. The van der Waals surface area contributed by atoms with E-state index in [0.717, 1.165) is 43.9 Å². The molecule has 0 unspecified atom stereocenters. The lowest BCUT2D eigenvalue weighted by molar-refractivity contribution is 0.200. The number of terminal acetylenes is 1. The van der Waals surface area contributed by atoms with Crippen LogP contribution in [0.2, 0.25) is 0 Å². The molecule has 1 aliphatic rings. The van der Waals surface area contributed by atoms with E-state index in [4.69, 9.17) is 22.3 Å². The van der Waals surface area contributed by atoms with E-state index in [1.165, 1.54) is 6.33 Å². The number of rotatable bonds is 9. The summed E-state index contributed by atoms with van der Waals surface area (Å²) in [5.74, 6) is 4.16. The van der Waals surface area contributed by atoms with E-state index in [1.807, 2.05) is 18.2 Å². The summed E-state index contributed by atoms with van der Waals surface area (Å²) in [5.41, 5.74) is 7.96. The summed E-state index contributed by atoms with van der Waals surface area (Å²) in [6, 6.07) is 7.28. The molecule has 0 amide bonds. The highest BCUT2D eigenvalue weighted by Gasteiger charge is 2.40. The largest absolute Gasteiger partial charge is 0.488 e. The van der Waals surface area contributed by atoms with Gasteiger partial charge in [0.05, 0.1) is 11.4 Å². The third-order valence-corrected chi connectivity index (χ3v) is 4.86. The average Bonchev–Trinajstić information content (AvgIpc) is 3.43. The van der Waals surface area contributed by atoms with Gasteiger partial charge in [-0.05, 0) is 44.4 Å². The van der Waals surface area contributed by atoms with Crippen LogP contribution in [0.1, 0.15) is 50.8 Å². The summed E-state index contributed by atoms with van der Waals surface area (Å²) in [4.78, 5) is 10.8. The SMILES string of the molecule is C#CCCN(CCC)c1cc(C(=N)c2cc(OC3(C)CC3)ccc2N)ncn1. The van der Waals surface area contributed by atoms with Crippen molar-refractivity contribution in [2.45, 2.75) is 45.1 Å². The number of hydrogen-bond donors (Lipinski definition) is 2. The van der Waals surface area contributed by atoms with Crippen LogP contribution in [-0.2, 0) is 0 Å². The lowest BCUT2D eigenvalue weighted by Gasteiger charge is -2.22. The van der Waals surface area contributed by atoms with Gasteiger partial charge in [-0.1, -0.05) is 6.92 Å². The zero-order valence-corrected chi connectivity index (χ0v) is 16.5. The summed E-state index contributed by atoms with van der Waals surface area (Å²) in [5, 5.41) is 8.66. The first kappa shape index (κ1) is 19.7. The molecule has 6 nitrogen and oxygen atoms in total. The molecule has 1 heterocycles. The number of nitrogens with one attached hydrogen (secondary N) is 1. The van der Waals surface area contributed by atoms with Gasteiger partial charge in [0.1, 0.15) is 23.5 Å². The maximum absolute atomic E-state index is 8.66. The lowest BCUT2D eigenvalue weighted by atomic mass is 10.0. The quantitative estimate of drug-likeness (QED) is 0.396. The highest BCUT2D eigenvalue weighted by Crippen LogP contribution is 2.40. The molecule has 2 aromatic rings. The van der Waals surface area contributed by atoms with Gasteiger partial charge in [0.25, 0.3) is 0 Å². The second-order valence-electron chi connectivity index (χ2n) is 7.38. The monoisotopic (exact) mass is 377 g/mol. The number of anilines is 2. The molecule has 6 heteroatoms. The summed E-state index contributed by atoms with van der Waals surface area (Å²) < 4.78 is 6.02. The summed E-state index contributed by atoms with van der Waals surface area (Å²) in [7, 11) is 0. The Labute approximate surface area is 166 Å². The van der Waals surface area contributed by atoms with Crippen LogP contribution in [0.5, 0.6) is 5.75 Å². The number of aromatic nitrogens is 2. The van der Waals surface area contributed by atoms with Crippen LogP contribution in [0.25, 0.3) is 0 Å². The van der Waals surface area contributed by atoms with Crippen LogP contribution in [0.15, 0.2) is 30.6 Å². The maximum Gasteiger partial charge on any atom is 0.132 e. The van der Waals surface area contributed by atoms with Gasteiger partial charge >= 0.3 is 0 Å². The van der Waals surface area contributed by atoms with Crippen molar-refractivity contribution in [2.24, 2.45) is 0 Å². The number of nitrogens with zero attached hydrogens (tertiary/aromatic N) is 3. The molecule has 1 saturated carbocycles. The molecule has 28 heavy (non-hydrogen) atoms. The second-order valence-corrected chi connectivity index (χ2v) is 7.38. The van der Waals surface area contributed by atoms with Crippen LogP contribution < -0.4 is 15.4 Å². The predicted octanol–water partition coefficient (Wildman–Crippen LogP) is 3.65. The first-order chi connectivity index (χ1) is 13.5. The van der Waals surface area contributed by atoms with Gasteiger partial charge in [-0.2, -0.15) is 0 Å². The number of ether oxygens (including phenoxy) is 1. The molecular formula is C22H27N5O. The highest BCUT2D eigenvalue weighted by molar-refractivity contribution is 6.13. The summed E-state index contributed by atoms with van der Waals surface area (Å²) in [6.45, 7) is 5.76. The van der Waals surface area contributed by atoms with Gasteiger partial charge in [0.2, 0.25) is 0 Å². The fourth-order valence-corrected chi connectivity index (χ4v) is 2.98. The third-order valence-electron chi connectivity index (χ3n) is 4.86. The van der Waals surface area contributed by atoms with E-state index in [2.05, 4.69) is 34.6 Å². The van der Waals surface area contributed by atoms with Gasteiger partial charge in [-0.25, -0.2) is 9.97 Å². The third kappa shape index (κ3) is 4.61. The van der Waals surface area contributed by atoms with Crippen molar-refractivity contribution in [3.63, 3.8) is 0 Å². The van der Waals surface area contributed by atoms with Gasteiger partial charge in [0, 0.05) is 36.8 Å². The predicted molar refractivity (Wildman–Crippen MR) is 113 cm³/mol. The van der Waals surface area contributed by atoms with Crippen molar-refractivity contribution >= 4 is 17.2 Å². The number of nitrogen functional groups attached to an aromatic ring is 1. The Morgan fingerprint density at radius 1 is 1.32 bits per heavy atom. The van der Waals surface area contributed by atoms with E-state index in [1.54, 1.807) is 6.07 Å².